The van der Waals surface area contributed by atoms with E-state index in [1.54, 1.807) is 13.0 Å². The molecule has 2 N–H and O–H groups in total. The highest BCUT2D eigenvalue weighted by Gasteiger charge is 2.39. The van der Waals surface area contributed by atoms with Gasteiger partial charge in [-0.05, 0) is 37.5 Å². The number of aryl methyl sites for hydroxylation is 1. The summed E-state index contributed by atoms with van der Waals surface area (Å²) in [5.41, 5.74) is 7.20. The molecule has 0 fully saturated rings. The van der Waals surface area contributed by atoms with E-state index in [1.807, 2.05) is 12.1 Å². The third kappa shape index (κ3) is 1.96. The monoisotopic (exact) mass is 249 g/mol. The molecule has 1 atom stereocenters. The smallest absolute Gasteiger partial charge is 0.192 e. The van der Waals surface area contributed by atoms with Gasteiger partial charge in [0, 0.05) is 6.54 Å². The highest BCUT2D eigenvalue weighted by molar-refractivity contribution is 5.81. The Balaban J connectivity index is 2.38. The summed E-state index contributed by atoms with van der Waals surface area (Å²) < 4.78 is 13.7. The molecule has 1 aromatic rings. The zero-order valence-corrected chi connectivity index (χ0v) is 11.2. The van der Waals surface area contributed by atoms with E-state index < -0.39 is 0 Å². The Morgan fingerprint density at radius 2 is 2.22 bits per heavy atom. The van der Waals surface area contributed by atoms with Crippen LogP contribution in [0.15, 0.2) is 23.2 Å². The first-order valence-electron chi connectivity index (χ1n) is 6.33. The molecule has 1 unspecified atom stereocenters. The molecular weight excluding hydrogens is 229 g/mol. The van der Waals surface area contributed by atoms with Crippen LogP contribution >= 0.6 is 0 Å². The van der Waals surface area contributed by atoms with Crippen molar-refractivity contribution in [1.82, 2.24) is 4.90 Å². The average molecular weight is 249 g/mol. The highest BCUT2D eigenvalue weighted by atomic mass is 19.1. The zero-order chi connectivity index (χ0) is 13.3. The minimum absolute atomic E-state index is 0.171. The molecule has 2 rings (SSSR count). The molecule has 1 aromatic carbocycles. The third-order valence-electron chi connectivity index (χ3n) is 3.66. The Morgan fingerprint density at radius 3 is 2.83 bits per heavy atom. The van der Waals surface area contributed by atoms with Crippen LogP contribution in [0.3, 0.4) is 0 Å². The van der Waals surface area contributed by atoms with E-state index in [1.165, 1.54) is 0 Å². The van der Waals surface area contributed by atoms with Gasteiger partial charge < -0.3 is 10.6 Å². The van der Waals surface area contributed by atoms with Gasteiger partial charge in [-0.15, -0.1) is 0 Å². The molecule has 0 aliphatic carbocycles. The molecule has 1 heterocycles. The summed E-state index contributed by atoms with van der Waals surface area (Å²) in [6.45, 7) is 7.35. The molecule has 0 amide bonds. The Kier molecular flexibility index (Phi) is 3.28. The van der Waals surface area contributed by atoms with Crippen LogP contribution in [0.4, 0.5) is 4.39 Å². The van der Waals surface area contributed by atoms with Crippen LogP contribution in [0.25, 0.3) is 0 Å². The van der Waals surface area contributed by atoms with E-state index in [0.29, 0.717) is 18.1 Å². The minimum atomic E-state index is -0.325. The maximum Gasteiger partial charge on any atom is 0.192 e. The van der Waals surface area contributed by atoms with Gasteiger partial charge in [-0.3, -0.25) is 4.99 Å². The quantitative estimate of drug-likeness (QED) is 0.893. The van der Waals surface area contributed by atoms with Gasteiger partial charge in [-0.1, -0.05) is 19.1 Å². The Morgan fingerprint density at radius 1 is 1.50 bits per heavy atom. The van der Waals surface area contributed by atoms with Gasteiger partial charge >= 0.3 is 0 Å². The number of halogens is 1. The first kappa shape index (κ1) is 12.9. The zero-order valence-electron chi connectivity index (χ0n) is 11.2. The number of nitrogens with zero attached hydrogens (tertiary/aromatic N) is 2. The fourth-order valence-electron chi connectivity index (χ4n) is 2.42. The molecule has 98 valence electrons. The fourth-order valence-corrected chi connectivity index (χ4v) is 2.42. The van der Waals surface area contributed by atoms with Crippen molar-refractivity contribution in [3.8, 4) is 0 Å². The topological polar surface area (TPSA) is 41.6 Å². The van der Waals surface area contributed by atoms with Crippen LogP contribution in [0.5, 0.6) is 0 Å². The van der Waals surface area contributed by atoms with Crippen LogP contribution in [0.1, 0.15) is 31.4 Å². The average Bonchev–Trinajstić information content (AvgIpc) is 2.62. The van der Waals surface area contributed by atoms with Crippen molar-refractivity contribution >= 4 is 5.96 Å². The normalized spacial score (nSPS) is 23.3. The number of nitrogens with two attached hydrogens (primary N) is 1. The molecule has 0 saturated carbocycles. The molecule has 18 heavy (non-hydrogen) atoms. The molecule has 0 radical (unpaired) electrons. The lowest BCUT2D eigenvalue weighted by Crippen LogP contribution is -2.47. The number of guanidine groups is 1. The lowest BCUT2D eigenvalue weighted by atomic mass is 9.90. The largest absolute Gasteiger partial charge is 0.370 e. The summed E-state index contributed by atoms with van der Waals surface area (Å²) in [5.74, 6) is 0.385. The summed E-state index contributed by atoms with van der Waals surface area (Å²) >= 11 is 0. The standard InChI is InChI=1S/C14H20FN3/c1-4-7-18-13(16)17-9-14(18,3)11-6-5-10(2)12(15)8-11/h5-6,8H,4,7,9H2,1-3H3,(H2,16,17). The van der Waals surface area contributed by atoms with Gasteiger partial charge in [0.1, 0.15) is 5.82 Å². The van der Waals surface area contributed by atoms with Gasteiger partial charge in [0.2, 0.25) is 0 Å². The number of benzene rings is 1. The first-order chi connectivity index (χ1) is 8.49. The molecule has 0 saturated heterocycles. The van der Waals surface area contributed by atoms with Gasteiger partial charge in [0.15, 0.2) is 5.96 Å². The summed E-state index contributed by atoms with van der Waals surface area (Å²) in [6, 6.07) is 5.38. The van der Waals surface area contributed by atoms with Crippen molar-refractivity contribution in [3.63, 3.8) is 0 Å². The van der Waals surface area contributed by atoms with E-state index in [-0.39, 0.29) is 11.4 Å². The highest BCUT2D eigenvalue weighted by Crippen LogP contribution is 2.33. The minimum Gasteiger partial charge on any atom is -0.370 e. The van der Waals surface area contributed by atoms with Gasteiger partial charge in [-0.25, -0.2) is 4.39 Å². The Hall–Kier alpha value is -1.58. The number of hydrogen-bond acceptors (Lipinski definition) is 3. The summed E-state index contributed by atoms with van der Waals surface area (Å²) in [7, 11) is 0. The second kappa shape index (κ2) is 4.59. The molecule has 0 bridgehead atoms. The molecule has 0 aromatic heterocycles. The number of rotatable bonds is 3. The van der Waals surface area contributed by atoms with Gasteiger partial charge in [0.25, 0.3) is 0 Å². The van der Waals surface area contributed by atoms with Crippen molar-refractivity contribution in [3.05, 3.63) is 35.1 Å². The number of aliphatic imine (C=N–C) groups is 1. The van der Waals surface area contributed by atoms with Crippen molar-refractivity contribution in [2.75, 3.05) is 13.1 Å². The van der Waals surface area contributed by atoms with Crippen LogP contribution in [-0.4, -0.2) is 23.9 Å². The van der Waals surface area contributed by atoms with Gasteiger partial charge in [-0.2, -0.15) is 0 Å². The fraction of sp³-hybridized carbons (Fsp3) is 0.500. The van der Waals surface area contributed by atoms with Crippen LogP contribution < -0.4 is 5.73 Å². The van der Waals surface area contributed by atoms with Crippen LogP contribution in [0.2, 0.25) is 0 Å². The Labute approximate surface area is 108 Å². The van der Waals surface area contributed by atoms with Crippen molar-refractivity contribution in [2.45, 2.75) is 32.7 Å². The molecule has 3 nitrogen and oxygen atoms in total. The lowest BCUT2D eigenvalue weighted by Gasteiger charge is -2.36. The molecule has 1 aliphatic heterocycles. The number of hydrogen-bond donors (Lipinski definition) is 1. The van der Waals surface area contributed by atoms with Crippen molar-refractivity contribution in [1.29, 1.82) is 0 Å². The maximum atomic E-state index is 13.7. The lowest BCUT2D eigenvalue weighted by molar-refractivity contribution is 0.224. The van der Waals surface area contributed by atoms with Crippen molar-refractivity contribution in [2.24, 2.45) is 10.7 Å². The molecule has 4 heteroatoms. The van der Waals surface area contributed by atoms with Crippen molar-refractivity contribution < 1.29 is 4.39 Å². The van der Waals surface area contributed by atoms with E-state index >= 15 is 0 Å². The first-order valence-corrected chi connectivity index (χ1v) is 6.33. The van der Waals surface area contributed by atoms with E-state index in [2.05, 4.69) is 23.7 Å². The van der Waals surface area contributed by atoms with Crippen LogP contribution in [-0.2, 0) is 5.54 Å². The third-order valence-corrected chi connectivity index (χ3v) is 3.66. The Bertz CT molecular complexity index is 484. The molecule has 1 aliphatic rings. The second-order valence-electron chi connectivity index (χ2n) is 5.06. The summed E-state index contributed by atoms with van der Waals surface area (Å²) in [6.07, 6.45) is 0.986. The van der Waals surface area contributed by atoms with E-state index in [0.717, 1.165) is 18.5 Å². The van der Waals surface area contributed by atoms with E-state index in [4.69, 9.17) is 5.73 Å². The molecular formula is C14H20FN3. The predicted octanol–water partition coefficient (Wildman–Crippen LogP) is 2.39. The van der Waals surface area contributed by atoms with E-state index in [9.17, 15) is 4.39 Å². The SMILES string of the molecule is CCCN1C(N)=NCC1(C)c1ccc(C)c(F)c1. The second-order valence-corrected chi connectivity index (χ2v) is 5.06. The summed E-state index contributed by atoms with van der Waals surface area (Å²) in [4.78, 5) is 6.38. The van der Waals surface area contributed by atoms with Crippen LogP contribution in [0, 0.1) is 12.7 Å². The van der Waals surface area contributed by atoms with Gasteiger partial charge in [0.05, 0.1) is 12.1 Å². The summed E-state index contributed by atoms with van der Waals surface area (Å²) in [5, 5.41) is 0. The maximum absolute atomic E-state index is 13.7. The predicted molar refractivity (Wildman–Crippen MR) is 72.0 cm³/mol. The molecule has 0 spiro atoms.